The van der Waals surface area contributed by atoms with Gasteiger partial charge in [0, 0.05) is 13.0 Å². The quantitative estimate of drug-likeness (QED) is 0.717. The molecule has 0 unspecified atom stereocenters. The standard InChI is InChI=1S/C19H20FNO5/c1-25-16-7-3-5-14(19(16)20)8-9-17(22)21-11-13-4-2-6-15(10-13)26-12-18(23)24/h2-7,10H,8-9,11-12H2,1H3,(H,21,22)(H,23,24). The summed E-state index contributed by atoms with van der Waals surface area (Å²) in [5, 5.41) is 11.4. The normalized spacial score (nSPS) is 10.2. The molecule has 0 spiro atoms. The second-order valence-electron chi connectivity index (χ2n) is 5.54. The van der Waals surface area contributed by atoms with Gasteiger partial charge in [-0.1, -0.05) is 24.3 Å². The minimum Gasteiger partial charge on any atom is -0.494 e. The average Bonchev–Trinajstić information content (AvgIpc) is 2.64. The topological polar surface area (TPSA) is 84.9 Å². The Morgan fingerprint density at radius 2 is 1.96 bits per heavy atom. The smallest absolute Gasteiger partial charge is 0.341 e. The van der Waals surface area contributed by atoms with Gasteiger partial charge in [0.15, 0.2) is 18.2 Å². The highest BCUT2D eigenvalue weighted by atomic mass is 19.1. The van der Waals surface area contributed by atoms with Gasteiger partial charge in [-0.2, -0.15) is 0 Å². The Labute approximate surface area is 150 Å². The third kappa shape index (κ3) is 5.77. The molecule has 2 N–H and O–H groups in total. The first-order valence-electron chi connectivity index (χ1n) is 8.01. The van der Waals surface area contributed by atoms with Crippen LogP contribution in [0.1, 0.15) is 17.5 Å². The summed E-state index contributed by atoms with van der Waals surface area (Å²) >= 11 is 0. The molecule has 2 rings (SSSR count). The van der Waals surface area contributed by atoms with Crippen LogP contribution < -0.4 is 14.8 Å². The lowest BCUT2D eigenvalue weighted by atomic mass is 10.1. The molecule has 0 aliphatic heterocycles. The van der Waals surface area contributed by atoms with E-state index in [0.29, 0.717) is 11.3 Å². The molecule has 2 aromatic carbocycles. The van der Waals surface area contributed by atoms with E-state index in [2.05, 4.69) is 5.32 Å². The van der Waals surface area contributed by atoms with E-state index in [9.17, 15) is 14.0 Å². The van der Waals surface area contributed by atoms with E-state index < -0.39 is 18.4 Å². The predicted molar refractivity (Wildman–Crippen MR) is 92.7 cm³/mol. The molecule has 0 heterocycles. The number of carbonyl (C=O) groups is 2. The van der Waals surface area contributed by atoms with Crippen LogP contribution in [0.25, 0.3) is 0 Å². The third-order valence-corrected chi connectivity index (χ3v) is 3.64. The number of nitrogens with one attached hydrogen (secondary N) is 1. The molecule has 0 aliphatic carbocycles. The number of halogens is 1. The van der Waals surface area contributed by atoms with Gasteiger partial charge < -0.3 is 19.9 Å². The highest BCUT2D eigenvalue weighted by Gasteiger charge is 2.10. The summed E-state index contributed by atoms with van der Waals surface area (Å²) in [5.74, 6) is -1.16. The van der Waals surface area contributed by atoms with Crippen molar-refractivity contribution in [3.63, 3.8) is 0 Å². The van der Waals surface area contributed by atoms with E-state index in [4.69, 9.17) is 14.6 Å². The van der Waals surface area contributed by atoms with Crippen molar-refractivity contribution in [1.82, 2.24) is 5.32 Å². The van der Waals surface area contributed by atoms with E-state index in [1.807, 2.05) is 0 Å². The van der Waals surface area contributed by atoms with E-state index in [1.54, 1.807) is 36.4 Å². The summed E-state index contributed by atoms with van der Waals surface area (Å²) in [7, 11) is 1.39. The van der Waals surface area contributed by atoms with Crippen LogP contribution in [0.5, 0.6) is 11.5 Å². The monoisotopic (exact) mass is 361 g/mol. The second kappa shape index (κ2) is 9.41. The molecule has 6 nitrogen and oxygen atoms in total. The fourth-order valence-corrected chi connectivity index (χ4v) is 2.33. The minimum atomic E-state index is -1.06. The lowest BCUT2D eigenvalue weighted by Crippen LogP contribution is -2.23. The van der Waals surface area contributed by atoms with E-state index in [0.717, 1.165) is 5.56 Å². The van der Waals surface area contributed by atoms with Crippen LogP contribution in [0.15, 0.2) is 42.5 Å². The summed E-state index contributed by atoms with van der Waals surface area (Å²) < 4.78 is 24.0. The number of ether oxygens (including phenoxy) is 2. The molecule has 138 valence electrons. The highest BCUT2D eigenvalue weighted by Crippen LogP contribution is 2.21. The number of carboxylic acid groups (broad SMARTS) is 1. The number of rotatable bonds is 9. The zero-order valence-corrected chi connectivity index (χ0v) is 14.3. The molecule has 2 aromatic rings. The first-order valence-corrected chi connectivity index (χ1v) is 8.01. The van der Waals surface area contributed by atoms with Gasteiger partial charge in [0.1, 0.15) is 5.75 Å². The minimum absolute atomic E-state index is 0.138. The fourth-order valence-electron chi connectivity index (χ4n) is 2.33. The molecule has 0 atom stereocenters. The van der Waals surface area contributed by atoms with Crippen LogP contribution in [-0.4, -0.2) is 30.7 Å². The Balaban J connectivity index is 1.84. The number of methoxy groups -OCH3 is 1. The van der Waals surface area contributed by atoms with Crippen molar-refractivity contribution >= 4 is 11.9 Å². The summed E-state index contributed by atoms with van der Waals surface area (Å²) in [6.45, 7) is -0.161. The van der Waals surface area contributed by atoms with Crippen LogP contribution in [-0.2, 0) is 22.6 Å². The van der Waals surface area contributed by atoms with Gasteiger partial charge in [-0.15, -0.1) is 0 Å². The highest BCUT2D eigenvalue weighted by molar-refractivity contribution is 5.76. The van der Waals surface area contributed by atoms with E-state index in [1.165, 1.54) is 13.2 Å². The van der Waals surface area contributed by atoms with Gasteiger partial charge in [0.25, 0.3) is 0 Å². The number of aryl methyl sites for hydroxylation is 1. The van der Waals surface area contributed by atoms with E-state index in [-0.39, 0.29) is 31.0 Å². The van der Waals surface area contributed by atoms with Crippen molar-refractivity contribution in [3.05, 3.63) is 59.4 Å². The Morgan fingerprint density at radius 3 is 2.69 bits per heavy atom. The summed E-state index contributed by atoms with van der Waals surface area (Å²) in [5.41, 5.74) is 1.19. The fraction of sp³-hybridized carbons (Fsp3) is 0.263. The molecule has 26 heavy (non-hydrogen) atoms. The first-order chi connectivity index (χ1) is 12.5. The molecule has 1 amide bonds. The molecule has 0 radical (unpaired) electrons. The van der Waals surface area contributed by atoms with Crippen LogP contribution in [0.2, 0.25) is 0 Å². The molecule has 0 aromatic heterocycles. The largest absolute Gasteiger partial charge is 0.494 e. The molecule has 0 saturated heterocycles. The Bertz CT molecular complexity index is 778. The average molecular weight is 361 g/mol. The number of benzene rings is 2. The maximum Gasteiger partial charge on any atom is 0.341 e. The lowest BCUT2D eigenvalue weighted by Gasteiger charge is -2.09. The maximum atomic E-state index is 14.0. The van der Waals surface area contributed by atoms with Crippen molar-refractivity contribution in [2.75, 3.05) is 13.7 Å². The number of amides is 1. The maximum absolute atomic E-state index is 14.0. The number of hydrogen-bond donors (Lipinski definition) is 2. The Hall–Kier alpha value is -3.09. The number of carbonyl (C=O) groups excluding carboxylic acids is 1. The zero-order chi connectivity index (χ0) is 18.9. The van der Waals surface area contributed by atoms with Crippen molar-refractivity contribution in [2.24, 2.45) is 0 Å². The van der Waals surface area contributed by atoms with Crippen LogP contribution in [0.3, 0.4) is 0 Å². The molecular formula is C19H20FNO5. The van der Waals surface area contributed by atoms with Crippen LogP contribution >= 0.6 is 0 Å². The Kier molecular flexibility index (Phi) is 6.96. The van der Waals surface area contributed by atoms with Gasteiger partial charge in [0.2, 0.25) is 5.91 Å². The van der Waals surface area contributed by atoms with Crippen molar-refractivity contribution in [1.29, 1.82) is 0 Å². The zero-order valence-electron chi connectivity index (χ0n) is 14.3. The van der Waals surface area contributed by atoms with Crippen molar-refractivity contribution < 1.29 is 28.6 Å². The molecule has 7 heteroatoms. The van der Waals surface area contributed by atoms with Gasteiger partial charge in [0.05, 0.1) is 7.11 Å². The number of hydrogen-bond acceptors (Lipinski definition) is 4. The second-order valence-corrected chi connectivity index (χ2v) is 5.54. The molecule has 0 bridgehead atoms. The number of carboxylic acids is 1. The molecule has 0 saturated carbocycles. The summed E-state index contributed by atoms with van der Waals surface area (Å²) in [6.07, 6.45) is 0.399. The molecular weight excluding hydrogens is 341 g/mol. The van der Waals surface area contributed by atoms with Gasteiger partial charge in [-0.3, -0.25) is 4.79 Å². The van der Waals surface area contributed by atoms with Crippen LogP contribution in [0, 0.1) is 5.82 Å². The first kappa shape index (κ1) is 19.2. The van der Waals surface area contributed by atoms with Gasteiger partial charge in [-0.25, -0.2) is 9.18 Å². The van der Waals surface area contributed by atoms with Crippen molar-refractivity contribution in [3.8, 4) is 11.5 Å². The number of aliphatic carboxylic acids is 1. The Morgan fingerprint density at radius 1 is 1.19 bits per heavy atom. The van der Waals surface area contributed by atoms with Crippen LogP contribution in [0.4, 0.5) is 4.39 Å². The predicted octanol–water partition coefficient (Wildman–Crippen LogP) is 2.55. The van der Waals surface area contributed by atoms with Gasteiger partial charge >= 0.3 is 5.97 Å². The summed E-state index contributed by atoms with van der Waals surface area (Å²) in [6, 6.07) is 11.6. The molecule has 0 fully saturated rings. The van der Waals surface area contributed by atoms with Crippen molar-refractivity contribution in [2.45, 2.75) is 19.4 Å². The summed E-state index contributed by atoms with van der Waals surface area (Å²) in [4.78, 5) is 22.5. The van der Waals surface area contributed by atoms with Gasteiger partial charge in [-0.05, 0) is 35.7 Å². The van der Waals surface area contributed by atoms with E-state index >= 15 is 0 Å². The lowest BCUT2D eigenvalue weighted by molar-refractivity contribution is -0.139. The molecule has 0 aliphatic rings. The SMILES string of the molecule is COc1cccc(CCC(=O)NCc2cccc(OCC(=O)O)c2)c1F. The third-order valence-electron chi connectivity index (χ3n) is 3.64.